The molecular formula is C23H25N3O2S. The number of aromatic nitrogens is 2. The van der Waals surface area contributed by atoms with E-state index in [0.29, 0.717) is 17.3 Å². The van der Waals surface area contributed by atoms with Crippen molar-refractivity contribution in [3.05, 3.63) is 68.1 Å². The summed E-state index contributed by atoms with van der Waals surface area (Å²) in [4.78, 5) is 26.2. The molecule has 29 heavy (non-hydrogen) atoms. The summed E-state index contributed by atoms with van der Waals surface area (Å²) >= 11 is 1.61. The maximum atomic E-state index is 12.8. The minimum atomic E-state index is -0.242. The van der Waals surface area contributed by atoms with Gasteiger partial charge in [-0.05, 0) is 60.4 Å². The van der Waals surface area contributed by atoms with Crippen molar-refractivity contribution < 1.29 is 4.79 Å². The molecule has 5 nitrogen and oxygen atoms in total. The second-order valence-electron chi connectivity index (χ2n) is 8.71. The Labute approximate surface area is 174 Å². The summed E-state index contributed by atoms with van der Waals surface area (Å²) < 4.78 is 0. The first-order valence-corrected chi connectivity index (χ1v) is 10.7. The van der Waals surface area contributed by atoms with Gasteiger partial charge in [0.05, 0.1) is 10.6 Å². The van der Waals surface area contributed by atoms with Gasteiger partial charge < -0.3 is 5.32 Å². The van der Waals surface area contributed by atoms with Crippen molar-refractivity contribution in [3.8, 4) is 11.3 Å². The van der Waals surface area contributed by atoms with Crippen LogP contribution in [0.3, 0.4) is 0 Å². The van der Waals surface area contributed by atoms with Crippen LogP contribution in [0.15, 0.2) is 47.3 Å². The largest absolute Gasteiger partial charge is 0.321 e. The van der Waals surface area contributed by atoms with Gasteiger partial charge in [0, 0.05) is 22.2 Å². The molecule has 0 saturated heterocycles. The van der Waals surface area contributed by atoms with Crippen LogP contribution in [0.4, 0.5) is 5.69 Å². The van der Waals surface area contributed by atoms with Gasteiger partial charge in [-0.25, -0.2) is 5.10 Å². The molecule has 0 fully saturated rings. The molecule has 2 N–H and O–H groups in total. The van der Waals surface area contributed by atoms with E-state index >= 15 is 0 Å². The minimum Gasteiger partial charge on any atom is -0.321 e. The molecule has 4 rings (SSSR count). The van der Waals surface area contributed by atoms with Crippen LogP contribution in [0.2, 0.25) is 0 Å². The quantitative estimate of drug-likeness (QED) is 0.648. The van der Waals surface area contributed by atoms with Crippen LogP contribution in [0, 0.1) is 11.3 Å². The highest BCUT2D eigenvalue weighted by atomic mass is 32.1. The molecule has 1 unspecified atom stereocenters. The number of thiophene rings is 1. The van der Waals surface area contributed by atoms with E-state index in [1.54, 1.807) is 17.4 Å². The van der Waals surface area contributed by atoms with Gasteiger partial charge in [0.25, 0.3) is 11.5 Å². The number of hydrogen-bond acceptors (Lipinski definition) is 4. The molecule has 0 spiro atoms. The van der Waals surface area contributed by atoms with Gasteiger partial charge in [-0.2, -0.15) is 5.10 Å². The molecule has 2 heterocycles. The number of nitrogens with one attached hydrogen (secondary N) is 2. The van der Waals surface area contributed by atoms with Gasteiger partial charge in [-0.15, -0.1) is 11.3 Å². The van der Waals surface area contributed by atoms with Crippen molar-refractivity contribution in [2.75, 3.05) is 5.32 Å². The Morgan fingerprint density at radius 1 is 1.21 bits per heavy atom. The van der Waals surface area contributed by atoms with Gasteiger partial charge in [-0.1, -0.05) is 32.9 Å². The predicted octanol–water partition coefficient (Wildman–Crippen LogP) is 4.90. The molecule has 0 aliphatic heterocycles. The van der Waals surface area contributed by atoms with E-state index < -0.39 is 0 Å². The third-order valence-corrected chi connectivity index (χ3v) is 6.86. The second kappa shape index (κ2) is 7.59. The Bertz CT molecular complexity index is 1090. The number of amides is 1. The summed E-state index contributed by atoms with van der Waals surface area (Å²) in [6.07, 6.45) is 3.30. The Morgan fingerprint density at radius 3 is 2.76 bits per heavy atom. The maximum absolute atomic E-state index is 12.8. The molecule has 1 aliphatic rings. The zero-order valence-corrected chi connectivity index (χ0v) is 17.7. The molecule has 6 heteroatoms. The maximum Gasteiger partial charge on any atom is 0.265 e. The first-order valence-electron chi connectivity index (χ1n) is 9.89. The molecule has 3 aromatic rings. The molecule has 1 aromatic carbocycles. The average molecular weight is 408 g/mol. The van der Waals surface area contributed by atoms with Gasteiger partial charge in [0.15, 0.2) is 0 Å². The highest BCUT2D eigenvalue weighted by molar-refractivity contribution is 7.14. The van der Waals surface area contributed by atoms with E-state index in [1.165, 1.54) is 22.9 Å². The van der Waals surface area contributed by atoms with Crippen LogP contribution in [-0.4, -0.2) is 16.1 Å². The zero-order chi connectivity index (χ0) is 20.6. The number of fused-ring (bicyclic) bond motifs is 1. The smallest absolute Gasteiger partial charge is 0.265 e. The summed E-state index contributed by atoms with van der Waals surface area (Å²) in [5, 5.41) is 9.49. The Kier molecular flexibility index (Phi) is 5.13. The number of aromatic amines is 1. The lowest BCUT2D eigenvalue weighted by atomic mass is 9.72. The predicted molar refractivity (Wildman–Crippen MR) is 118 cm³/mol. The Hall–Kier alpha value is -2.73. The molecule has 1 amide bonds. The van der Waals surface area contributed by atoms with Crippen LogP contribution in [0.5, 0.6) is 0 Å². The van der Waals surface area contributed by atoms with Crippen LogP contribution < -0.4 is 10.9 Å². The van der Waals surface area contributed by atoms with Crippen molar-refractivity contribution in [3.63, 3.8) is 0 Å². The van der Waals surface area contributed by atoms with E-state index in [2.05, 4.69) is 42.4 Å². The van der Waals surface area contributed by atoms with E-state index in [4.69, 9.17) is 0 Å². The monoisotopic (exact) mass is 407 g/mol. The van der Waals surface area contributed by atoms with Crippen LogP contribution >= 0.6 is 11.3 Å². The van der Waals surface area contributed by atoms with Crippen molar-refractivity contribution in [1.82, 2.24) is 10.2 Å². The summed E-state index contributed by atoms with van der Waals surface area (Å²) in [7, 11) is 0. The second-order valence-corrected chi connectivity index (χ2v) is 9.84. The summed E-state index contributed by atoms with van der Waals surface area (Å²) in [6, 6.07) is 12.7. The van der Waals surface area contributed by atoms with E-state index in [1.807, 2.05) is 24.3 Å². The van der Waals surface area contributed by atoms with Crippen molar-refractivity contribution in [1.29, 1.82) is 0 Å². The standard InChI is InChI=1S/C23H25N3O2S/c1-23(2,3)16-7-9-19-15(11-16)13-20(29-19)22(28)24-17-6-4-5-14(12-17)18-8-10-21(27)26-25-18/h4-6,8,10,12-13,16H,7,9,11H2,1-3H3,(H,24,28)(H,26,27). The number of rotatable bonds is 3. The molecule has 150 valence electrons. The van der Waals surface area contributed by atoms with Gasteiger partial charge in [0.1, 0.15) is 0 Å². The number of nitrogens with zero attached hydrogens (tertiary/aromatic N) is 1. The lowest BCUT2D eigenvalue weighted by molar-refractivity contribution is 0.103. The molecular weight excluding hydrogens is 382 g/mol. The van der Waals surface area contributed by atoms with Crippen molar-refractivity contribution in [2.45, 2.75) is 40.0 Å². The van der Waals surface area contributed by atoms with E-state index in [9.17, 15) is 9.59 Å². The van der Waals surface area contributed by atoms with Gasteiger partial charge in [-0.3, -0.25) is 9.59 Å². The van der Waals surface area contributed by atoms with Crippen LogP contribution in [0.1, 0.15) is 47.3 Å². The summed E-state index contributed by atoms with van der Waals surface area (Å²) in [5.74, 6) is 0.574. The molecule has 2 aromatic heterocycles. The highest BCUT2D eigenvalue weighted by Gasteiger charge is 2.30. The topological polar surface area (TPSA) is 74.8 Å². The third kappa shape index (κ3) is 4.32. The fourth-order valence-corrected chi connectivity index (χ4v) is 4.93. The Morgan fingerprint density at radius 2 is 2.03 bits per heavy atom. The number of carbonyl (C=O) groups is 1. The van der Waals surface area contributed by atoms with E-state index in [0.717, 1.165) is 23.3 Å². The van der Waals surface area contributed by atoms with E-state index in [-0.39, 0.29) is 16.9 Å². The van der Waals surface area contributed by atoms with Gasteiger partial charge in [0.2, 0.25) is 0 Å². The number of H-pyrrole nitrogens is 1. The summed E-state index contributed by atoms with van der Waals surface area (Å²) in [6.45, 7) is 6.90. The lowest BCUT2D eigenvalue weighted by Gasteiger charge is -2.33. The Balaban J connectivity index is 1.51. The van der Waals surface area contributed by atoms with Crippen LogP contribution in [0.25, 0.3) is 11.3 Å². The number of hydrogen-bond donors (Lipinski definition) is 2. The lowest BCUT2D eigenvalue weighted by Crippen LogP contribution is -2.26. The summed E-state index contributed by atoms with van der Waals surface area (Å²) in [5.41, 5.74) is 3.57. The van der Waals surface area contributed by atoms with Crippen molar-refractivity contribution in [2.24, 2.45) is 11.3 Å². The minimum absolute atomic E-state index is 0.0803. The fraction of sp³-hybridized carbons (Fsp3) is 0.348. The number of carbonyl (C=O) groups excluding carboxylic acids is 1. The highest BCUT2D eigenvalue weighted by Crippen LogP contribution is 2.40. The zero-order valence-electron chi connectivity index (χ0n) is 16.9. The first-order chi connectivity index (χ1) is 13.8. The fourth-order valence-electron chi connectivity index (χ4n) is 3.83. The van der Waals surface area contributed by atoms with Crippen molar-refractivity contribution >= 4 is 22.9 Å². The molecule has 0 saturated carbocycles. The number of aryl methyl sites for hydroxylation is 1. The first kappa shape index (κ1) is 19.6. The van der Waals surface area contributed by atoms with Crippen LogP contribution in [-0.2, 0) is 12.8 Å². The average Bonchev–Trinajstić information content (AvgIpc) is 3.12. The number of benzene rings is 1. The molecule has 0 radical (unpaired) electrons. The number of anilines is 1. The molecule has 1 atom stereocenters. The van der Waals surface area contributed by atoms with Gasteiger partial charge >= 0.3 is 0 Å². The normalized spacial score (nSPS) is 16.3. The molecule has 0 bridgehead atoms. The third-order valence-electron chi connectivity index (χ3n) is 5.63. The molecule has 1 aliphatic carbocycles. The SMILES string of the molecule is CC(C)(C)C1CCc2sc(C(=O)Nc3cccc(-c4ccc(=O)[nH]n4)c3)cc2C1.